The Morgan fingerprint density at radius 2 is 2.14 bits per heavy atom. The van der Waals surface area contributed by atoms with Crippen molar-refractivity contribution in [2.45, 2.75) is 13.0 Å². The third kappa shape index (κ3) is 2.34. The van der Waals surface area contributed by atoms with Gasteiger partial charge in [-0.1, -0.05) is 0 Å². The lowest BCUT2D eigenvalue weighted by Gasteiger charge is -2.15. The van der Waals surface area contributed by atoms with Crippen LogP contribution in [0.5, 0.6) is 0 Å². The zero-order valence-corrected chi connectivity index (χ0v) is 12.2. The van der Waals surface area contributed by atoms with Crippen LogP contribution >= 0.6 is 15.9 Å². The Morgan fingerprint density at radius 3 is 2.86 bits per heavy atom. The number of carboxylic acids is 1. The fourth-order valence-electron chi connectivity index (χ4n) is 2.28. The molecule has 5 nitrogen and oxygen atoms in total. The maximum atomic E-state index is 14.1. The monoisotopic (exact) mass is 358 g/mol. The number of hydrogen-bond acceptors (Lipinski definition) is 3. The topological polar surface area (TPSA) is 64.3 Å². The van der Waals surface area contributed by atoms with Crippen molar-refractivity contribution in [2.75, 3.05) is 6.61 Å². The second-order valence-corrected chi connectivity index (χ2v) is 5.37. The summed E-state index contributed by atoms with van der Waals surface area (Å²) in [6.07, 6.45) is 0.382. The molecule has 1 aromatic carbocycles. The number of hydrogen-bond donors (Lipinski definition) is 1. The molecule has 0 aliphatic carbocycles. The SMILES string of the molecule is O=C(O)c1nn(-c2cc(F)c(Br)cc2F)c2c1COCC2. The third-order valence-electron chi connectivity index (χ3n) is 3.24. The molecule has 1 aromatic heterocycles. The van der Waals surface area contributed by atoms with Crippen LogP contribution in [0.25, 0.3) is 5.69 Å². The van der Waals surface area contributed by atoms with Crippen LogP contribution in [0.4, 0.5) is 8.78 Å². The summed E-state index contributed by atoms with van der Waals surface area (Å²) >= 11 is 2.90. The van der Waals surface area contributed by atoms with Crippen LogP contribution < -0.4 is 0 Å². The van der Waals surface area contributed by atoms with Gasteiger partial charge in [-0.05, 0) is 22.0 Å². The average molecular weight is 359 g/mol. The number of benzene rings is 1. The number of carbonyl (C=O) groups is 1. The van der Waals surface area contributed by atoms with E-state index in [0.29, 0.717) is 24.3 Å². The van der Waals surface area contributed by atoms with E-state index in [9.17, 15) is 13.6 Å². The second-order valence-electron chi connectivity index (χ2n) is 4.51. The zero-order chi connectivity index (χ0) is 15.1. The Balaban J connectivity index is 2.24. The van der Waals surface area contributed by atoms with E-state index < -0.39 is 17.6 Å². The smallest absolute Gasteiger partial charge is 0.356 e. The molecular formula is C13H9BrF2N2O3. The standard InChI is InChI=1S/C13H9BrF2N2O3/c14-7-3-9(16)11(4-8(7)15)18-10-1-2-21-5-6(10)12(17-18)13(19)20/h3-4H,1-2,5H2,(H,19,20). The molecule has 0 fully saturated rings. The largest absolute Gasteiger partial charge is 0.476 e. The van der Waals surface area contributed by atoms with Gasteiger partial charge in [0.15, 0.2) is 5.69 Å². The first-order valence-corrected chi connectivity index (χ1v) is 6.85. The molecule has 0 amide bonds. The van der Waals surface area contributed by atoms with Gasteiger partial charge >= 0.3 is 5.97 Å². The van der Waals surface area contributed by atoms with E-state index in [1.54, 1.807) is 0 Å². The molecule has 1 N–H and O–H groups in total. The van der Waals surface area contributed by atoms with Gasteiger partial charge in [-0.2, -0.15) is 5.10 Å². The Kier molecular flexibility index (Phi) is 3.50. The first-order valence-electron chi connectivity index (χ1n) is 6.05. The lowest BCUT2D eigenvalue weighted by molar-refractivity contribution is 0.0677. The molecule has 0 bridgehead atoms. The zero-order valence-electron chi connectivity index (χ0n) is 10.6. The van der Waals surface area contributed by atoms with Gasteiger partial charge in [0.05, 0.1) is 23.4 Å². The van der Waals surface area contributed by atoms with Gasteiger partial charge in [0, 0.05) is 18.1 Å². The van der Waals surface area contributed by atoms with Crippen LogP contribution in [0.3, 0.4) is 0 Å². The second kappa shape index (κ2) is 5.19. The van der Waals surface area contributed by atoms with E-state index in [1.807, 2.05) is 0 Å². The minimum atomic E-state index is -1.23. The van der Waals surface area contributed by atoms with Crippen molar-refractivity contribution in [3.63, 3.8) is 0 Å². The maximum absolute atomic E-state index is 14.1. The number of halogens is 3. The molecule has 1 aliphatic rings. The van der Waals surface area contributed by atoms with Crippen molar-refractivity contribution in [2.24, 2.45) is 0 Å². The molecular weight excluding hydrogens is 350 g/mol. The highest BCUT2D eigenvalue weighted by Crippen LogP contribution is 2.28. The Morgan fingerprint density at radius 1 is 1.38 bits per heavy atom. The van der Waals surface area contributed by atoms with Gasteiger partial charge < -0.3 is 9.84 Å². The number of aromatic nitrogens is 2. The molecule has 1 aliphatic heterocycles. The molecule has 0 radical (unpaired) electrons. The van der Waals surface area contributed by atoms with Crippen LogP contribution in [-0.2, 0) is 17.8 Å². The summed E-state index contributed by atoms with van der Waals surface area (Å²) in [7, 11) is 0. The van der Waals surface area contributed by atoms with Gasteiger partial charge in [-0.3, -0.25) is 0 Å². The number of carboxylic acid groups (broad SMARTS) is 1. The Hall–Kier alpha value is -1.80. The minimum Gasteiger partial charge on any atom is -0.476 e. The first-order chi connectivity index (χ1) is 9.99. The Labute approximate surface area is 126 Å². The summed E-state index contributed by atoms with van der Waals surface area (Å²) in [5.74, 6) is -2.58. The summed E-state index contributed by atoms with van der Waals surface area (Å²) < 4.78 is 34.1. The molecule has 2 aromatic rings. The quantitative estimate of drug-likeness (QED) is 0.838. The van der Waals surface area contributed by atoms with Crippen molar-refractivity contribution in [3.05, 3.63) is 45.2 Å². The summed E-state index contributed by atoms with van der Waals surface area (Å²) in [5, 5.41) is 13.1. The van der Waals surface area contributed by atoms with E-state index in [0.717, 1.165) is 16.8 Å². The van der Waals surface area contributed by atoms with Crippen molar-refractivity contribution < 1.29 is 23.4 Å². The molecule has 110 valence electrons. The average Bonchev–Trinajstić information content (AvgIpc) is 2.82. The summed E-state index contributed by atoms with van der Waals surface area (Å²) in [6.45, 7) is 0.468. The van der Waals surface area contributed by atoms with E-state index in [-0.39, 0.29) is 22.5 Å². The van der Waals surface area contributed by atoms with Crippen molar-refractivity contribution in [3.8, 4) is 5.69 Å². The maximum Gasteiger partial charge on any atom is 0.356 e. The predicted molar refractivity (Wildman–Crippen MR) is 71.5 cm³/mol. The fourth-order valence-corrected chi connectivity index (χ4v) is 2.60. The van der Waals surface area contributed by atoms with Gasteiger partial charge in [0.1, 0.15) is 17.3 Å². The lowest BCUT2D eigenvalue weighted by Crippen LogP contribution is -2.14. The van der Waals surface area contributed by atoms with E-state index in [2.05, 4.69) is 21.0 Å². The Bertz CT molecular complexity index is 746. The van der Waals surface area contributed by atoms with E-state index in [1.165, 1.54) is 0 Å². The number of nitrogens with zero attached hydrogens (tertiary/aromatic N) is 2. The van der Waals surface area contributed by atoms with Crippen molar-refractivity contribution in [1.29, 1.82) is 0 Å². The number of aromatic carboxylic acids is 1. The van der Waals surface area contributed by atoms with Crippen LogP contribution in [0, 0.1) is 11.6 Å². The molecule has 0 saturated heterocycles. The minimum absolute atomic E-state index is 0.00781. The molecule has 3 rings (SSSR count). The van der Waals surface area contributed by atoms with E-state index in [4.69, 9.17) is 9.84 Å². The molecule has 0 unspecified atom stereocenters. The molecule has 8 heteroatoms. The molecule has 21 heavy (non-hydrogen) atoms. The highest BCUT2D eigenvalue weighted by Gasteiger charge is 2.27. The molecule has 2 heterocycles. The van der Waals surface area contributed by atoms with E-state index >= 15 is 0 Å². The fraction of sp³-hybridized carbons (Fsp3) is 0.231. The normalized spacial score (nSPS) is 14.0. The third-order valence-corrected chi connectivity index (χ3v) is 3.85. The summed E-state index contributed by atoms with van der Waals surface area (Å²) in [4.78, 5) is 11.2. The summed E-state index contributed by atoms with van der Waals surface area (Å²) in [5.41, 5.74) is 0.601. The van der Waals surface area contributed by atoms with Gasteiger partial charge in [-0.15, -0.1) is 0 Å². The van der Waals surface area contributed by atoms with Crippen LogP contribution in [0.1, 0.15) is 21.7 Å². The molecule has 0 atom stereocenters. The lowest BCUT2D eigenvalue weighted by atomic mass is 10.1. The van der Waals surface area contributed by atoms with Gasteiger partial charge in [-0.25, -0.2) is 18.3 Å². The first kappa shape index (κ1) is 14.2. The highest BCUT2D eigenvalue weighted by molar-refractivity contribution is 9.10. The van der Waals surface area contributed by atoms with Crippen molar-refractivity contribution in [1.82, 2.24) is 9.78 Å². The molecule has 0 saturated carbocycles. The van der Waals surface area contributed by atoms with Crippen LogP contribution in [0.15, 0.2) is 16.6 Å². The molecule has 0 spiro atoms. The highest BCUT2D eigenvalue weighted by atomic mass is 79.9. The summed E-state index contributed by atoms with van der Waals surface area (Å²) in [6, 6.07) is 1.96. The number of fused-ring (bicyclic) bond motifs is 1. The predicted octanol–water partition coefficient (Wildman–Crippen LogP) is 2.68. The number of rotatable bonds is 2. The van der Waals surface area contributed by atoms with Crippen LogP contribution in [-0.4, -0.2) is 27.5 Å². The van der Waals surface area contributed by atoms with Gasteiger partial charge in [0.2, 0.25) is 0 Å². The van der Waals surface area contributed by atoms with Crippen molar-refractivity contribution >= 4 is 21.9 Å². The number of ether oxygens (including phenoxy) is 1. The van der Waals surface area contributed by atoms with Crippen LogP contribution in [0.2, 0.25) is 0 Å². The van der Waals surface area contributed by atoms with Gasteiger partial charge in [0.25, 0.3) is 0 Å².